The number of carbonyl (C=O) groups is 3. The van der Waals surface area contributed by atoms with Crippen LogP contribution in [0.15, 0.2) is 41.6 Å². The third kappa shape index (κ3) is 5.40. The quantitative estimate of drug-likeness (QED) is 0.215. The summed E-state index contributed by atoms with van der Waals surface area (Å²) in [7, 11) is 0. The predicted octanol–water partition coefficient (Wildman–Crippen LogP) is 1.69. The number of carboxylic acid groups (broad SMARTS) is 1. The van der Waals surface area contributed by atoms with Gasteiger partial charge in [-0.25, -0.2) is 0 Å². The Balaban J connectivity index is 1.88. The third-order valence-electron chi connectivity index (χ3n) is 5.56. The van der Waals surface area contributed by atoms with Gasteiger partial charge in [-0.3, -0.25) is 14.4 Å². The minimum Gasteiger partial charge on any atom is -0.508 e. The van der Waals surface area contributed by atoms with Gasteiger partial charge in [0.15, 0.2) is 5.84 Å². The summed E-state index contributed by atoms with van der Waals surface area (Å²) in [4.78, 5) is 40.1. The topological polar surface area (TPSA) is 157 Å². The molecule has 0 saturated carbocycles. The monoisotopic (exact) mass is 454 g/mol. The van der Waals surface area contributed by atoms with Crippen molar-refractivity contribution < 1.29 is 29.8 Å². The van der Waals surface area contributed by atoms with Gasteiger partial charge in [-0.05, 0) is 61.7 Å². The minimum atomic E-state index is -1.21. The lowest BCUT2D eigenvalue weighted by atomic mass is 10.0. The Hall–Kier alpha value is -4.08. The van der Waals surface area contributed by atoms with Gasteiger partial charge in [-0.1, -0.05) is 5.16 Å². The highest BCUT2D eigenvalue weighted by Gasteiger charge is 2.24. The second-order valence-electron chi connectivity index (χ2n) is 7.88. The largest absolute Gasteiger partial charge is 0.508 e. The molecule has 1 heterocycles. The van der Waals surface area contributed by atoms with Crippen LogP contribution in [0.2, 0.25) is 0 Å². The number of phenols is 1. The number of benzene rings is 2. The van der Waals surface area contributed by atoms with E-state index in [1.165, 1.54) is 18.2 Å². The highest BCUT2D eigenvalue weighted by atomic mass is 16.4. The van der Waals surface area contributed by atoms with Gasteiger partial charge in [0.05, 0.1) is 6.42 Å². The number of nitrogens with two attached hydrogens (primary N) is 1. The summed E-state index contributed by atoms with van der Waals surface area (Å²) in [5.74, 6) is -2.26. The van der Waals surface area contributed by atoms with Gasteiger partial charge in [-0.15, -0.1) is 0 Å². The number of likely N-dealkylation sites (tertiary alicyclic amines) is 1. The molecule has 5 N–H and O–H groups in total. The molecule has 0 spiro atoms. The van der Waals surface area contributed by atoms with E-state index >= 15 is 0 Å². The van der Waals surface area contributed by atoms with Crippen LogP contribution in [0.1, 0.15) is 39.9 Å². The standard InChI is InChI=1S/C23H26N4O6/c1-14-10-17(5-6-18(14)23(32)26-8-2-3-9-26)27(13-21(30)31)20(29)12-16-11-15(22(24)25-33)4-7-19(16)28/h4-7,10-11,28,33H,2-3,8-9,12-13H2,1H3,(H2,24,25)(H,30,31). The Labute approximate surface area is 190 Å². The number of amidine groups is 1. The van der Waals surface area contributed by atoms with Crippen molar-refractivity contribution in [2.75, 3.05) is 24.5 Å². The van der Waals surface area contributed by atoms with E-state index in [1.807, 2.05) is 0 Å². The molecule has 0 unspecified atom stereocenters. The van der Waals surface area contributed by atoms with Crippen LogP contribution < -0.4 is 10.6 Å². The molecule has 0 aliphatic carbocycles. The lowest BCUT2D eigenvalue weighted by Gasteiger charge is -2.23. The Morgan fingerprint density at radius 1 is 1.12 bits per heavy atom. The van der Waals surface area contributed by atoms with E-state index in [1.54, 1.807) is 30.0 Å². The molecule has 2 amide bonds. The maximum absolute atomic E-state index is 13.1. The second kappa shape index (κ2) is 10.0. The Morgan fingerprint density at radius 3 is 2.42 bits per heavy atom. The first-order valence-corrected chi connectivity index (χ1v) is 10.4. The van der Waals surface area contributed by atoms with Crippen LogP contribution in [-0.2, 0) is 16.0 Å². The van der Waals surface area contributed by atoms with Crippen molar-refractivity contribution in [1.29, 1.82) is 0 Å². The van der Waals surface area contributed by atoms with Crippen LogP contribution in [0.25, 0.3) is 0 Å². The molecule has 1 saturated heterocycles. The van der Waals surface area contributed by atoms with Crippen molar-refractivity contribution in [3.8, 4) is 5.75 Å². The molecule has 1 aliphatic rings. The van der Waals surface area contributed by atoms with E-state index < -0.39 is 18.4 Å². The number of hydrogen-bond acceptors (Lipinski definition) is 6. The first kappa shape index (κ1) is 23.6. The van der Waals surface area contributed by atoms with Crippen molar-refractivity contribution in [3.05, 3.63) is 58.7 Å². The normalized spacial score (nSPS) is 13.7. The van der Waals surface area contributed by atoms with Gasteiger partial charge in [-0.2, -0.15) is 0 Å². The number of amides is 2. The van der Waals surface area contributed by atoms with E-state index in [0.29, 0.717) is 35.5 Å². The van der Waals surface area contributed by atoms with Crippen molar-refractivity contribution in [2.45, 2.75) is 26.2 Å². The van der Waals surface area contributed by atoms with Crippen molar-refractivity contribution in [2.24, 2.45) is 10.9 Å². The third-order valence-corrected chi connectivity index (χ3v) is 5.56. The Morgan fingerprint density at radius 2 is 1.82 bits per heavy atom. The van der Waals surface area contributed by atoms with Crippen LogP contribution in [0.4, 0.5) is 5.69 Å². The Kier molecular flexibility index (Phi) is 7.17. The highest BCUT2D eigenvalue weighted by molar-refractivity contribution is 6.01. The fourth-order valence-corrected chi connectivity index (χ4v) is 3.81. The molecule has 0 aromatic heterocycles. The first-order chi connectivity index (χ1) is 15.7. The molecular formula is C23H26N4O6. The Bertz CT molecular complexity index is 1110. The number of nitrogens with zero attached hydrogens (tertiary/aromatic N) is 3. The summed E-state index contributed by atoms with van der Waals surface area (Å²) < 4.78 is 0. The summed E-state index contributed by atoms with van der Waals surface area (Å²) in [5, 5.41) is 31.3. The molecule has 0 bridgehead atoms. The first-order valence-electron chi connectivity index (χ1n) is 10.4. The van der Waals surface area contributed by atoms with E-state index in [9.17, 15) is 24.6 Å². The SMILES string of the molecule is Cc1cc(N(CC(=O)O)C(=O)Cc2cc(C(N)=NO)ccc2O)ccc1C(=O)N1CCCC1. The van der Waals surface area contributed by atoms with Crippen LogP contribution in [0.3, 0.4) is 0 Å². The number of oxime groups is 1. The summed E-state index contributed by atoms with van der Waals surface area (Å²) in [6, 6.07) is 8.88. The van der Waals surface area contributed by atoms with Gasteiger partial charge >= 0.3 is 5.97 Å². The number of carbonyl (C=O) groups excluding carboxylic acids is 2. The number of rotatable bonds is 7. The van der Waals surface area contributed by atoms with Crippen molar-refractivity contribution in [1.82, 2.24) is 4.90 Å². The van der Waals surface area contributed by atoms with E-state index in [2.05, 4.69) is 5.16 Å². The number of carboxylic acids is 1. The number of aromatic hydroxyl groups is 1. The maximum Gasteiger partial charge on any atom is 0.323 e. The van der Waals surface area contributed by atoms with Gasteiger partial charge < -0.3 is 31.0 Å². The van der Waals surface area contributed by atoms with Crippen LogP contribution in [-0.4, -0.2) is 63.6 Å². The van der Waals surface area contributed by atoms with Gasteiger partial charge in [0, 0.05) is 35.5 Å². The number of aryl methyl sites for hydroxylation is 1. The summed E-state index contributed by atoms with van der Waals surface area (Å²) in [6.45, 7) is 2.55. The molecule has 10 nitrogen and oxygen atoms in total. The molecule has 1 fully saturated rings. The maximum atomic E-state index is 13.1. The van der Waals surface area contributed by atoms with E-state index in [4.69, 9.17) is 10.9 Å². The average molecular weight is 454 g/mol. The van der Waals surface area contributed by atoms with Crippen LogP contribution in [0, 0.1) is 6.92 Å². The molecule has 33 heavy (non-hydrogen) atoms. The second-order valence-corrected chi connectivity index (χ2v) is 7.88. The van der Waals surface area contributed by atoms with E-state index in [0.717, 1.165) is 17.7 Å². The van der Waals surface area contributed by atoms with Gasteiger partial charge in [0.25, 0.3) is 5.91 Å². The molecule has 2 aromatic carbocycles. The molecule has 3 rings (SSSR count). The lowest BCUT2D eigenvalue weighted by molar-refractivity contribution is -0.136. The lowest BCUT2D eigenvalue weighted by Crippen LogP contribution is -2.37. The molecule has 0 atom stereocenters. The number of hydrogen-bond donors (Lipinski definition) is 4. The fraction of sp³-hybridized carbons (Fsp3) is 0.304. The van der Waals surface area contributed by atoms with Gasteiger partial charge in [0.1, 0.15) is 12.3 Å². The zero-order valence-corrected chi connectivity index (χ0v) is 18.2. The molecule has 10 heteroatoms. The predicted molar refractivity (Wildman–Crippen MR) is 121 cm³/mol. The van der Waals surface area contributed by atoms with Crippen LogP contribution >= 0.6 is 0 Å². The molecule has 0 radical (unpaired) electrons. The van der Waals surface area contributed by atoms with E-state index in [-0.39, 0.29) is 29.5 Å². The smallest absolute Gasteiger partial charge is 0.323 e. The zero-order chi connectivity index (χ0) is 24.1. The average Bonchev–Trinajstić information content (AvgIpc) is 3.32. The van der Waals surface area contributed by atoms with Crippen LogP contribution in [0.5, 0.6) is 5.75 Å². The summed E-state index contributed by atoms with van der Waals surface area (Å²) in [6.07, 6.45) is 1.61. The molecular weight excluding hydrogens is 428 g/mol. The molecule has 1 aliphatic heterocycles. The fourth-order valence-electron chi connectivity index (χ4n) is 3.81. The molecule has 174 valence electrons. The molecule has 2 aromatic rings. The van der Waals surface area contributed by atoms with Gasteiger partial charge in [0.2, 0.25) is 5.91 Å². The zero-order valence-electron chi connectivity index (χ0n) is 18.2. The minimum absolute atomic E-state index is 0.0856. The summed E-state index contributed by atoms with van der Waals surface area (Å²) >= 11 is 0. The number of phenolic OH excluding ortho intramolecular Hbond substituents is 1. The summed E-state index contributed by atoms with van der Waals surface area (Å²) in [5.41, 5.74) is 7.52. The number of anilines is 1. The van der Waals surface area contributed by atoms with Crippen molar-refractivity contribution >= 4 is 29.3 Å². The number of aliphatic carboxylic acids is 1. The van der Waals surface area contributed by atoms with Crippen molar-refractivity contribution in [3.63, 3.8) is 0 Å². The highest BCUT2D eigenvalue weighted by Crippen LogP contribution is 2.25.